The Labute approximate surface area is 138 Å². The Bertz CT molecular complexity index is 512. The van der Waals surface area contributed by atoms with Gasteiger partial charge in [0.2, 0.25) is 0 Å². The first-order valence-electron chi connectivity index (χ1n) is 7.99. The molecule has 0 saturated heterocycles. The Balaban J connectivity index is 0.000000232. The van der Waals surface area contributed by atoms with Crippen molar-refractivity contribution in [1.29, 1.82) is 0 Å². The fourth-order valence-electron chi connectivity index (χ4n) is 2.04. The van der Waals surface area contributed by atoms with Crippen LogP contribution in [0.5, 0.6) is 0 Å². The van der Waals surface area contributed by atoms with Crippen molar-refractivity contribution >= 4 is 5.97 Å². The number of aliphatic hydroxyl groups excluding tert-OH is 1. The predicted molar refractivity (Wildman–Crippen MR) is 94.0 cm³/mol. The highest BCUT2D eigenvalue weighted by molar-refractivity contribution is 5.74. The first kappa shape index (κ1) is 18.9. The van der Waals surface area contributed by atoms with Crippen LogP contribution in [0.15, 0.2) is 60.7 Å². The smallest absolute Gasteiger partial charge is 0.334 e. The van der Waals surface area contributed by atoms with Gasteiger partial charge in [-0.2, -0.15) is 0 Å². The molecule has 3 nitrogen and oxygen atoms in total. The summed E-state index contributed by atoms with van der Waals surface area (Å²) in [6.45, 7) is 5.94. The van der Waals surface area contributed by atoms with Gasteiger partial charge in [-0.25, -0.2) is 4.79 Å². The molecule has 0 bridgehead atoms. The summed E-state index contributed by atoms with van der Waals surface area (Å²) in [7, 11) is 0. The minimum atomic E-state index is -0.949. The van der Waals surface area contributed by atoms with Crippen molar-refractivity contribution in [3.63, 3.8) is 0 Å². The largest absolute Gasteiger partial charge is 0.464 e. The number of rotatable bonds is 5. The SMILES string of the molecule is CCOC(=O)C(O)CC(C)C.c1ccc(-c2ccccc2)cc1. The van der Waals surface area contributed by atoms with Crippen LogP contribution in [-0.2, 0) is 9.53 Å². The van der Waals surface area contributed by atoms with Gasteiger partial charge in [-0.05, 0) is 30.4 Å². The lowest BCUT2D eigenvalue weighted by atomic mass is 10.1. The second-order valence-corrected chi connectivity index (χ2v) is 5.63. The summed E-state index contributed by atoms with van der Waals surface area (Å²) in [4.78, 5) is 10.8. The highest BCUT2D eigenvalue weighted by Gasteiger charge is 2.16. The highest BCUT2D eigenvalue weighted by atomic mass is 16.5. The molecule has 23 heavy (non-hydrogen) atoms. The molecule has 0 spiro atoms. The molecule has 0 aliphatic rings. The number of carbonyl (C=O) groups is 1. The van der Waals surface area contributed by atoms with Gasteiger partial charge in [0.15, 0.2) is 6.10 Å². The lowest BCUT2D eigenvalue weighted by Gasteiger charge is -2.10. The van der Waals surface area contributed by atoms with Gasteiger partial charge in [0.05, 0.1) is 6.61 Å². The molecule has 0 aliphatic carbocycles. The molecule has 124 valence electrons. The van der Waals surface area contributed by atoms with Gasteiger partial charge in [0.25, 0.3) is 0 Å². The Morgan fingerprint density at radius 3 is 1.74 bits per heavy atom. The zero-order valence-corrected chi connectivity index (χ0v) is 14.1. The molecule has 0 aromatic heterocycles. The molecule has 3 heteroatoms. The van der Waals surface area contributed by atoms with E-state index in [9.17, 15) is 4.79 Å². The van der Waals surface area contributed by atoms with Crippen LogP contribution < -0.4 is 0 Å². The minimum Gasteiger partial charge on any atom is -0.464 e. The van der Waals surface area contributed by atoms with E-state index in [0.717, 1.165) is 0 Å². The maximum Gasteiger partial charge on any atom is 0.334 e. The number of esters is 1. The highest BCUT2D eigenvalue weighted by Crippen LogP contribution is 2.17. The summed E-state index contributed by atoms with van der Waals surface area (Å²) < 4.78 is 4.62. The van der Waals surface area contributed by atoms with Crippen molar-refractivity contribution in [2.45, 2.75) is 33.3 Å². The van der Waals surface area contributed by atoms with Crippen LogP contribution >= 0.6 is 0 Å². The topological polar surface area (TPSA) is 46.5 Å². The van der Waals surface area contributed by atoms with E-state index in [2.05, 4.69) is 53.3 Å². The molecule has 0 radical (unpaired) electrons. The molecule has 1 unspecified atom stereocenters. The Morgan fingerprint density at radius 2 is 1.39 bits per heavy atom. The van der Waals surface area contributed by atoms with Crippen LogP contribution in [-0.4, -0.2) is 23.8 Å². The quantitative estimate of drug-likeness (QED) is 0.837. The Hall–Kier alpha value is -2.13. The molecule has 2 aromatic carbocycles. The van der Waals surface area contributed by atoms with Crippen molar-refractivity contribution in [2.75, 3.05) is 6.61 Å². The summed E-state index contributed by atoms with van der Waals surface area (Å²) in [5.41, 5.74) is 2.55. The number of ether oxygens (including phenoxy) is 1. The van der Waals surface area contributed by atoms with Crippen LogP contribution in [0.3, 0.4) is 0 Å². The van der Waals surface area contributed by atoms with Gasteiger partial charge < -0.3 is 9.84 Å². The van der Waals surface area contributed by atoms with E-state index >= 15 is 0 Å². The van der Waals surface area contributed by atoms with Gasteiger partial charge in [-0.1, -0.05) is 74.5 Å². The maximum absolute atomic E-state index is 10.8. The van der Waals surface area contributed by atoms with E-state index in [1.54, 1.807) is 6.92 Å². The van der Waals surface area contributed by atoms with Gasteiger partial charge >= 0.3 is 5.97 Å². The molecule has 2 rings (SSSR count). The van der Waals surface area contributed by atoms with E-state index < -0.39 is 12.1 Å². The zero-order valence-electron chi connectivity index (χ0n) is 14.1. The number of aliphatic hydroxyl groups is 1. The van der Waals surface area contributed by atoms with Crippen molar-refractivity contribution in [1.82, 2.24) is 0 Å². The van der Waals surface area contributed by atoms with Gasteiger partial charge in [-0.3, -0.25) is 0 Å². The normalized spacial score (nSPS) is 11.3. The predicted octanol–water partition coefficient (Wildman–Crippen LogP) is 4.31. The second kappa shape index (κ2) is 10.6. The molecule has 0 amide bonds. The van der Waals surface area contributed by atoms with Crippen molar-refractivity contribution in [2.24, 2.45) is 5.92 Å². The van der Waals surface area contributed by atoms with E-state index in [1.165, 1.54) is 11.1 Å². The fraction of sp³-hybridized carbons (Fsp3) is 0.350. The standard InChI is InChI=1S/C12H10.C8H16O3/c1-3-7-11(8-4-1)12-9-5-2-6-10-12;1-4-11-8(10)7(9)5-6(2)3/h1-10H;6-7,9H,4-5H2,1-3H3. The molecule has 2 aromatic rings. The number of hydrogen-bond donors (Lipinski definition) is 1. The van der Waals surface area contributed by atoms with Crippen molar-refractivity contribution in [3.05, 3.63) is 60.7 Å². The number of benzene rings is 2. The summed E-state index contributed by atoms with van der Waals surface area (Å²) in [6.07, 6.45) is -0.478. The third-order valence-corrected chi connectivity index (χ3v) is 3.13. The monoisotopic (exact) mass is 314 g/mol. The average molecular weight is 314 g/mol. The molecular formula is C20H26O3. The van der Waals surface area contributed by atoms with Crippen molar-refractivity contribution in [3.8, 4) is 11.1 Å². The van der Waals surface area contributed by atoms with Crippen molar-refractivity contribution < 1.29 is 14.6 Å². The van der Waals surface area contributed by atoms with Crippen LogP contribution in [0.25, 0.3) is 11.1 Å². The summed E-state index contributed by atoms with van der Waals surface area (Å²) in [5.74, 6) is -0.199. The number of carbonyl (C=O) groups excluding carboxylic acids is 1. The summed E-state index contributed by atoms with van der Waals surface area (Å²) >= 11 is 0. The van der Waals surface area contributed by atoms with E-state index in [4.69, 9.17) is 5.11 Å². The van der Waals surface area contributed by atoms with Gasteiger partial charge in [-0.15, -0.1) is 0 Å². The Kier molecular flexibility index (Phi) is 8.70. The van der Waals surface area contributed by atoms with E-state index in [1.807, 2.05) is 26.0 Å². The van der Waals surface area contributed by atoms with Crippen LogP contribution in [0.1, 0.15) is 27.2 Å². The fourth-order valence-corrected chi connectivity index (χ4v) is 2.04. The average Bonchev–Trinajstić information content (AvgIpc) is 2.57. The minimum absolute atomic E-state index is 0.314. The van der Waals surface area contributed by atoms with Gasteiger partial charge in [0, 0.05) is 0 Å². The molecule has 0 heterocycles. The zero-order chi connectivity index (χ0) is 17.1. The molecule has 0 aliphatic heterocycles. The Morgan fingerprint density at radius 1 is 0.957 bits per heavy atom. The first-order valence-corrected chi connectivity index (χ1v) is 7.99. The molecule has 0 fully saturated rings. The van der Waals surface area contributed by atoms with E-state index in [0.29, 0.717) is 18.9 Å². The molecule has 1 N–H and O–H groups in total. The van der Waals surface area contributed by atoms with E-state index in [-0.39, 0.29) is 0 Å². The number of hydrogen-bond acceptors (Lipinski definition) is 3. The van der Waals surface area contributed by atoms with Crippen LogP contribution in [0.4, 0.5) is 0 Å². The second-order valence-electron chi connectivity index (χ2n) is 5.63. The van der Waals surface area contributed by atoms with Gasteiger partial charge in [0.1, 0.15) is 0 Å². The van der Waals surface area contributed by atoms with Crippen LogP contribution in [0.2, 0.25) is 0 Å². The molecule has 1 atom stereocenters. The lowest BCUT2D eigenvalue weighted by molar-refractivity contribution is -0.153. The summed E-state index contributed by atoms with van der Waals surface area (Å²) in [5, 5.41) is 9.14. The third-order valence-electron chi connectivity index (χ3n) is 3.13. The third kappa shape index (κ3) is 7.61. The molecular weight excluding hydrogens is 288 g/mol. The van der Waals surface area contributed by atoms with Crippen LogP contribution in [0, 0.1) is 5.92 Å². The lowest BCUT2D eigenvalue weighted by Crippen LogP contribution is -2.24. The molecule has 0 saturated carbocycles. The first-order chi connectivity index (χ1) is 11.0. The summed E-state index contributed by atoms with van der Waals surface area (Å²) in [6, 6.07) is 20.8. The maximum atomic E-state index is 10.8.